The lowest BCUT2D eigenvalue weighted by atomic mass is 10.00. The Balaban J connectivity index is 2.06. The van der Waals surface area contributed by atoms with Gasteiger partial charge in [0.1, 0.15) is 5.82 Å². The van der Waals surface area contributed by atoms with Gasteiger partial charge in [-0.25, -0.2) is 4.39 Å². The predicted octanol–water partition coefficient (Wildman–Crippen LogP) is 3.57. The maximum absolute atomic E-state index is 13.6. The van der Waals surface area contributed by atoms with E-state index in [1.54, 1.807) is 13.0 Å². The fraction of sp³-hybridized carbons (Fsp3) is 0.368. The molecule has 0 bridgehead atoms. The largest absolute Gasteiger partial charge is 0.389 e. The highest BCUT2D eigenvalue weighted by molar-refractivity contribution is 5.65. The van der Waals surface area contributed by atoms with E-state index < -0.39 is 6.10 Å². The molecule has 1 N–H and O–H groups in total. The van der Waals surface area contributed by atoms with Gasteiger partial charge in [0.25, 0.3) is 0 Å². The minimum atomic E-state index is -0.762. The molecule has 2 heterocycles. The highest BCUT2D eigenvalue weighted by Gasteiger charge is 2.17. The monoisotopic (exact) mass is 342 g/mol. The lowest BCUT2D eigenvalue weighted by molar-refractivity contribution is 0.199. The van der Waals surface area contributed by atoms with E-state index in [1.165, 1.54) is 12.1 Å². The van der Waals surface area contributed by atoms with Gasteiger partial charge < -0.3 is 5.11 Å². The van der Waals surface area contributed by atoms with Crippen LogP contribution in [0.2, 0.25) is 0 Å². The van der Waals surface area contributed by atoms with Gasteiger partial charge in [0.2, 0.25) is 0 Å². The molecule has 0 fully saturated rings. The van der Waals surface area contributed by atoms with Crippen molar-refractivity contribution < 1.29 is 9.50 Å². The lowest BCUT2D eigenvalue weighted by Gasteiger charge is -2.13. The van der Waals surface area contributed by atoms with Crippen LogP contribution in [0.4, 0.5) is 4.39 Å². The number of benzene rings is 1. The molecule has 3 aromatic rings. The Morgan fingerprint density at radius 3 is 2.68 bits per heavy atom. The van der Waals surface area contributed by atoms with Crippen LogP contribution in [0.1, 0.15) is 43.7 Å². The zero-order valence-electron chi connectivity index (χ0n) is 14.8. The second-order valence-corrected chi connectivity index (χ2v) is 6.14. The van der Waals surface area contributed by atoms with Gasteiger partial charge in [0.15, 0.2) is 0 Å². The number of aliphatic hydroxyl groups is 1. The molecule has 3 rings (SSSR count). The molecule has 0 saturated carbocycles. The van der Waals surface area contributed by atoms with Gasteiger partial charge in [-0.2, -0.15) is 10.2 Å². The number of aryl methyl sites for hydroxylation is 2. The Kier molecular flexibility index (Phi) is 4.99. The van der Waals surface area contributed by atoms with Crippen molar-refractivity contribution in [2.45, 2.75) is 46.4 Å². The lowest BCUT2D eigenvalue weighted by Crippen LogP contribution is -2.06. The summed E-state index contributed by atoms with van der Waals surface area (Å²) in [5, 5.41) is 19.0. The van der Waals surface area contributed by atoms with Crippen molar-refractivity contribution in [3.63, 3.8) is 0 Å². The van der Waals surface area contributed by atoms with Crippen molar-refractivity contribution in [2.75, 3.05) is 0 Å². The molecule has 0 unspecified atom stereocenters. The predicted molar refractivity (Wildman–Crippen MR) is 94.6 cm³/mol. The number of hydrogen-bond acceptors (Lipinski definition) is 3. The maximum atomic E-state index is 13.6. The first kappa shape index (κ1) is 17.4. The molecule has 6 heteroatoms. The minimum absolute atomic E-state index is 0.356. The average Bonchev–Trinajstić information content (AvgIpc) is 3.21. The molecule has 0 aliphatic carbocycles. The molecule has 25 heavy (non-hydrogen) atoms. The van der Waals surface area contributed by atoms with Crippen LogP contribution in [-0.2, 0) is 19.5 Å². The minimum Gasteiger partial charge on any atom is -0.389 e. The molecule has 0 radical (unpaired) electrons. The Morgan fingerprint density at radius 2 is 2.04 bits per heavy atom. The number of nitrogens with zero attached hydrogens (tertiary/aromatic N) is 4. The molecule has 5 nitrogen and oxygen atoms in total. The van der Waals surface area contributed by atoms with Gasteiger partial charge in [-0.3, -0.25) is 9.36 Å². The number of rotatable bonds is 6. The third-order valence-electron chi connectivity index (χ3n) is 4.28. The van der Waals surface area contributed by atoms with Crippen LogP contribution in [0.25, 0.3) is 11.3 Å². The normalized spacial score (nSPS) is 12.5. The van der Waals surface area contributed by atoms with Crippen molar-refractivity contribution in [3.05, 3.63) is 59.3 Å². The number of aromatic nitrogens is 4. The topological polar surface area (TPSA) is 55.9 Å². The van der Waals surface area contributed by atoms with E-state index in [0.717, 1.165) is 35.5 Å². The summed E-state index contributed by atoms with van der Waals surface area (Å²) in [6.45, 7) is 7.12. The smallest absolute Gasteiger partial charge is 0.123 e. The van der Waals surface area contributed by atoms with Gasteiger partial charge in [0.05, 0.1) is 30.2 Å². The van der Waals surface area contributed by atoms with E-state index in [2.05, 4.69) is 10.2 Å². The first-order valence-corrected chi connectivity index (χ1v) is 8.57. The zero-order valence-corrected chi connectivity index (χ0v) is 14.8. The molecule has 132 valence electrons. The van der Waals surface area contributed by atoms with Crippen LogP contribution in [0.3, 0.4) is 0 Å². The maximum Gasteiger partial charge on any atom is 0.123 e. The second-order valence-electron chi connectivity index (χ2n) is 6.14. The van der Waals surface area contributed by atoms with Crippen LogP contribution in [0.15, 0.2) is 36.7 Å². The zero-order chi connectivity index (χ0) is 18.0. The summed E-state index contributed by atoms with van der Waals surface area (Å²) < 4.78 is 17.4. The fourth-order valence-electron chi connectivity index (χ4n) is 2.93. The third kappa shape index (κ3) is 3.64. The Bertz CT molecular complexity index is 866. The summed E-state index contributed by atoms with van der Waals surface area (Å²) in [6.07, 6.45) is 3.87. The van der Waals surface area contributed by atoms with Crippen LogP contribution in [-0.4, -0.2) is 24.7 Å². The Morgan fingerprint density at radius 1 is 1.24 bits per heavy atom. The number of halogens is 1. The SMILES string of the molecule is CCc1cc(-c2ccc(F)cc2[C@@H](C)O)n(Cc2cnn(CC)c2)n1. The summed E-state index contributed by atoms with van der Waals surface area (Å²) in [5.74, 6) is -0.356. The molecule has 0 amide bonds. The van der Waals surface area contributed by atoms with Crippen molar-refractivity contribution in [1.29, 1.82) is 0 Å². The molecular weight excluding hydrogens is 319 g/mol. The summed E-state index contributed by atoms with van der Waals surface area (Å²) >= 11 is 0. The van der Waals surface area contributed by atoms with Crippen molar-refractivity contribution in [3.8, 4) is 11.3 Å². The summed E-state index contributed by atoms with van der Waals surface area (Å²) in [4.78, 5) is 0. The van der Waals surface area contributed by atoms with Crippen molar-refractivity contribution in [2.24, 2.45) is 0 Å². The highest BCUT2D eigenvalue weighted by Crippen LogP contribution is 2.30. The van der Waals surface area contributed by atoms with E-state index in [-0.39, 0.29) is 5.82 Å². The molecule has 1 atom stereocenters. The molecule has 0 saturated heterocycles. The summed E-state index contributed by atoms with van der Waals surface area (Å²) in [5.41, 5.74) is 4.24. The van der Waals surface area contributed by atoms with Crippen LogP contribution in [0, 0.1) is 5.82 Å². The highest BCUT2D eigenvalue weighted by atomic mass is 19.1. The van der Waals surface area contributed by atoms with Crippen molar-refractivity contribution in [1.82, 2.24) is 19.6 Å². The van der Waals surface area contributed by atoms with Crippen LogP contribution < -0.4 is 0 Å². The van der Waals surface area contributed by atoms with Gasteiger partial charge in [-0.1, -0.05) is 6.92 Å². The molecular formula is C19H23FN4O. The van der Waals surface area contributed by atoms with Crippen LogP contribution >= 0.6 is 0 Å². The molecule has 0 spiro atoms. The van der Waals surface area contributed by atoms with Gasteiger partial charge >= 0.3 is 0 Å². The van der Waals surface area contributed by atoms with Gasteiger partial charge in [-0.05, 0) is 50.1 Å². The van der Waals surface area contributed by atoms with E-state index in [0.29, 0.717) is 12.1 Å². The molecule has 0 aliphatic heterocycles. The second kappa shape index (κ2) is 7.19. The van der Waals surface area contributed by atoms with E-state index >= 15 is 0 Å². The first-order valence-electron chi connectivity index (χ1n) is 8.57. The van der Waals surface area contributed by atoms with E-state index in [9.17, 15) is 9.50 Å². The van der Waals surface area contributed by atoms with Gasteiger partial charge in [0, 0.05) is 23.9 Å². The number of hydrogen-bond donors (Lipinski definition) is 1. The summed E-state index contributed by atoms with van der Waals surface area (Å²) in [7, 11) is 0. The standard InChI is InChI=1S/C19H23FN4O/c1-4-16-9-19(17-7-6-15(20)8-18(17)13(3)25)24(22-16)12-14-10-21-23(5-2)11-14/h6-11,13,25H,4-5,12H2,1-3H3/t13-/m1/s1. The Hall–Kier alpha value is -2.47. The summed E-state index contributed by atoms with van der Waals surface area (Å²) in [6, 6.07) is 6.51. The van der Waals surface area contributed by atoms with Gasteiger partial charge in [-0.15, -0.1) is 0 Å². The molecule has 2 aromatic heterocycles. The number of aliphatic hydroxyl groups excluding tert-OH is 1. The molecule has 0 aliphatic rings. The third-order valence-corrected chi connectivity index (χ3v) is 4.28. The van der Waals surface area contributed by atoms with E-state index in [1.807, 2.05) is 41.7 Å². The first-order chi connectivity index (χ1) is 12.0. The quantitative estimate of drug-likeness (QED) is 0.745. The van der Waals surface area contributed by atoms with Crippen LogP contribution in [0.5, 0.6) is 0 Å². The fourth-order valence-corrected chi connectivity index (χ4v) is 2.93. The van der Waals surface area contributed by atoms with Crippen molar-refractivity contribution >= 4 is 0 Å². The Labute approximate surface area is 146 Å². The average molecular weight is 342 g/mol. The van der Waals surface area contributed by atoms with E-state index in [4.69, 9.17) is 0 Å². The molecule has 1 aromatic carbocycles.